The summed E-state index contributed by atoms with van der Waals surface area (Å²) in [5.74, 6) is 1.63. The Hall–Kier alpha value is -0.680. The Labute approximate surface area is 174 Å². The number of benzene rings is 2. The van der Waals surface area contributed by atoms with E-state index in [1.54, 1.807) is 0 Å². The van der Waals surface area contributed by atoms with Crippen LogP contribution in [0.5, 0.6) is 0 Å². The van der Waals surface area contributed by atoms with Crippen molar-refractivity contribution >= 4 is 31.9 Å². The molecule has 2 atom stereocenters. The van der Waals surface area contributed by atoms with Gasteiger partial charge in [-0.15, -0.1) is 0 Å². The lowest BCUT2D eigenvalue weighted by Gasteiger charge is -2.29. The average molecular weight is 480 g/mol. The van der Waals surface area contributed by atoms with E-state index in [1.165, 1.54) is 36.8 Å². The van der Waals surface area contributed by atoms with Crippen molar-refractivity contribution < 1.29 is 0 Å². The summed E-state index contributed by atoms with van der Waals surface area (Å²) in [6.07, 6.45) is 5.45. The Kier molecular flexibility index (Phi) is 8.18. The van der Waals surface area contributed by atoms with E-state index in [2.05, 4.69) is 91.0 Å². The van der Waals surface area contributed by atoms with E-state index < -0.39 is 0 Å². The highest BCUT2D eigenvalue weighted by Crippen LogP contribution is 2.28. The van der Waals surface area contributed by atoms with Crippen LogP contribution in [0.2, 0.25) is 0 Å². The molecule has 0 heterocycles. The highest BCUT2D eigenvalue weighted by atomic mass is 79.9. The SMILES string of the molecule is Brc1cccc(CNCC2CCCC(CNCc3cccc(Br)c3)C2)c1. The summed E-state index contributed by atoms with van der Waals surface area (Å²) >= 11 is 7.09. The van der Waals surface area contributed by atoms with Gasteiger partial charge in [-0.05, 0) is 79.6 Å². The zero-order valence-corrected chi connectivity index (χ0v) is 18.4. The van der Waals surface area contributed by atoms with Crippen LogP contribution in [-0.2, 0) is 13.1 Å². The molecule has 4 heteroatoms. The highest BCUT2D eigenvalue weighted by Gasteiger charge is 2.21. The second-order valence-electron chi connectivity index (χ2n) is 7.42. The fraction of sp³-hybridized carbons (Fsp3) is 0.455. The van der Waals surface area contributed by atoms with Gasteiger partial charge in [0, 0.05) is 22.0 Å². The van der Waals surface area contributed by atoms with Crippen molar-refractivity contribution in [2.45, 2.75) is 38.8 Å². The predicted molar refractivity (Wildman–Crippen MR) is 117 cm³/mol. The van der Waals surface area contributed by atoms with Crippen molar-refractivity contribution in [2.75, 3.05) is 13.1 Å². The summed E-state index contributed by atoms with van der Waals surface area (Å²) in [4.78, 5) is 0. The predicted octanol–water partition coefficient (Wildman–Crippen LogP) is 5.90. The summed E-state index contributed by atoms with van der Waals surface area (Å²) in [6.45, 7) is 4.19. The van der Waals surface area contributed by atoms with Crippen molar-refractivity contribution in [3.63, 3.8) is 0 Å². The number of nitrogens with one attached hydrogen (secondary N) is 2. The molecule has 0 amide bonds. The molecule has 1 aliphatic rings. The average Bonchev–Trinajstić information content (AvgIpc) is 2.62. The maximum Gasteiger partial charge on any atom is 0.0206 e. The second kappa shape index (κ2) is 10.6. The molecule has 0 spiro atoms. The molecule has 1 fully saturated rings. The van der Waals surface area contributed by atoms with E-state index in [0.717, 1.165) is 47.0 Å². The summed E-state index contributed by atoms with van der Waals surface area (Å²) in [5, 5.41) is 7.32. The quantitative estimate of drug-likeness (QED) is 0.492. The third kappa shape index (κ3) is 6.80. The van der Waals surface area contributed by atoms with Gasteiger partial charge in [-0.2, -0.15) is 0 Å². The van der Waals surface area contributed by atoms with E-state index >= 15 is 0 Å². The molecule has 3 rings (SSSR count). The first-order valence-electron chi connectivity index (χ1n) is 9.59. The fourth-order valence-corrected chi connectivity index (χ4v) is 4.80. The van der Waals surface area contributed by atoms with Gasteiger partial charge in [0.05, 0.1) is 0 Å². The van der Waals surface area contributed by atoms with Crippen molar-refractivity contribution in [3.8, 4) is 0 Å². The smallest absolute Gasteiger partial charge is 0.0206 e. The molecule has 0 aliphatic heterocycles. The van der Waals surface area contributed by atoms with Gasteiger partial charge in [0.15, 0.2) is 0 Å². The number of hydrogen-bond acceptors (Lipinski definition) is 2. The molecule has 0 aromatic heterocycles. The minimum atomic E-state index is 0.813. The standard InChI is InChI=1S/C22H28Br2N2/c23-21-8-2-6-19(11-21)15-25-13-17-4-1-5-18(10-17)14-26-16-20-7-3-9-22(24)12-20/h2-3,6-9,11-12,17-18,25-26H,1,4-5,10,13-16H2. The maximum absolute atomic E-state index is 3.66. The van der Waals surface area contributed by atoms with Crippen LogP contribution in [0.15, 0.2) is 57.5 Å². The molecule has 1 aliphatic carbocycles. The highest BCUT2D eigenvalue weighted by molar-refractivity contribution is 9.10. The normalized spacial score (nSPS) is 20.2. The Morgan fingerprint density at radius 1 is 0.769 bits per heavy atom. The van der Waals surface area contributed by atoms with Crippen LogP contribution in [0.1, 0.15) is 36.8 Å². The molecule has 0 radical (unpaired) electrons. The van der Waals surface area contributed by atoms with E-state index in [0.29, 0.717) is 0 Å². The monoisotopic (exact) mass is 478 g/mol. The number of hydrogen-bond donors (Lipinski definition) is 2. The van der Waals surface area contributed by atoms with Crippen molar-refractivity contribution in [3.05, 3.63) is 68.6 Å². The third-order valence-corrected chi connectivity index (χ3v) is 6.18. The van der Waals surface area contributed by atoms with Gasteiger partial charge >= 0.3 is 0 Å². The van der Waals surface area contributed by atoms with Gasteiger partial charge in [0.1, 0.15) is 0 Å². The van der Waals surface area contributed by atoms with Crippen LogP contribution in [0.25, 0.3) is 0 Å². The van der Waals surface area contributed by atoms with Crippen molar-refractivity contribution in [1.29, 1.82) is 0 Å². The van der Waals surface area contributed by atoms with Gasteiger partial charge in [-0.3, -0.25) is 0 Å². The van der Waals surface area contributed by atoms with Gasteiger partial charge in [0.2, 0.25) is 0 Å². The van der Waals surface area contributed by atoms with E-state index in [-0.39, 0.29) is 0 Å². The minimum absolute atomic E-state index is 0.813. The van der Waals surface area contributed by atoms with E-state index in [1.807, 2.05) is 0 Å². The molecular weight excluding hydrogens is 452 g/mol. The lowest BCUT2D eigenvalue weighted by molar-refractivity contribution is 0.252. The zero-order valence-electron chi connectivity index (χ0n) is 15.2. The van der Waals surface area contributed by atoms with Crippen LogP contribution in [0, 0.1) is 11.8 Å². The number of rotatable bonds is 8. The lowest BCUT2D eigenvalue weighted by atomic mass is 9.81. The van der Waals surface area contributed by atoms with Crippen molar-refractivity contribution in [1.82, 2.24) is 10.6 Å². The molecule has 0 saturated heterocycles. The first kappa shape index (κ1) is 20.1. The van der Waals surface area contributed by atoms with Crippen LogP contribution in [0.3, 0.4) is 0 Å². The van der Waals surface area contributed by atoms with Crippen LogP contribution >= 0.6 is 31.9 Å². The van der Waals surface area contributed by atoms with Gasteiger partial charge < -0.3 is 10.6 Å². The Morgan fingerprint density at radius 3 is 1.73 bits per heavy atom. The van der Waals surface area contributed by atoms with Crippen molar-refractivity contribution in [2.24, 2.45) is 11.8 Å². The summed E-state index contributed by atoms with van der Waals surface area (Å²) in [6, 6.07) is 17.1. The summed E-state index contributed by atoms with van der Waals surface area (Å²) in [7, 11) is 0. The van der Waals surface area contributed by atoms with Gasteiger partial charge in [-0.25, -0.2) is 0 Å². The molecule has 26 heavy (non-hydrogen) atoms. The van der Waals surface area contributed by atoms with Gasteiger partial charge in [0.25, 0.3) is 0 Å². The van der Waals surface area contributed by atoms with E-state index in [4.69, 9.17) is 0 Å². The first-order valence-corrected chi connectivity index (χ1v) is 11.2. The topological polar surface area (TPSA) is 24.1 Å². The molecular formula is C22H28Br2N2. The molecule has 2 aromatic rings. The van der Waals surface area contributed by atoms with Crippen LogP contribution in [0.4, 0.5) is 0 Å². The summed E-state index contributed by atoms with van der Waals surface area (Å²) < 4.78 is 2.32. The molecule has 2 nitrogen and oxygen atoms in total. The molecule has 140 valence electrons. The lowest BCUT2D eigenvalue weighted by Crippen LogP contribution is -2.31. The Balaban J connectivity index is 1.35. The van der Waals surface area contributed by atoms with Gasteiger partial charge in [-0.1, -0.05) is 62.5 Å². The second-order valence-corrected chi connectivity index (χ2v) is 9.25. The first-order chi connectivity index (χ1) is 12.7. The molecule has 2 aromatic carbocycles. The van der Waals surface area contributed by atoms with Crippen LogP contribution < -0.4 is 10.6 Å². The minimum Gasteiger partial charge on any atom is -0.312 e. The molecule has 2 unspecified atom stereocenters. The zero-order chi connectivity index (χ0) is 18.2. The number of halogens is 2. The Morgan fingerprint density at radius 2 is 1.27 bits per heavy atom. The third-order valence-electron chi connectivity index (χ3n) is 5.19. The van der Waals surface area contributed by atoms with E-state index in [9.17, 15) is 0 Å². The largest absolute Gasteiger partial charge is 0.312 e. The maximum atomic E-state index is 3.66. The summed E-state index contributed by atoms with van der Waals surface area (Å²) in [5.41, 5.74) is 2.70. The van der Waals surface area contributed by atoms with Crippen LogP contribution in [-0.4, -0.2) is 13.1 Å². The molecule has 0 bridgehead atoms. The fourth-order valence-electron chi connectivity index (χ4n) is 3.91. The molecule has 2 N–H and O–H groups in total. The Bertz CT molecular complexity index is 632. The molecule has 1 saturated carbocycles.